The van der Waals surface area contributed by atoms with E-state index in [1.807, 2.05) is 18.5 Å². The topological polar surface area (TPSA) is 54.5 Å². The van der Waals surface area contributed by atoms with E-state index in [4.69, 9.17) is 5.73 Å². The number of hydrogen-bond acceptors (Lipinski definition) is 4. The Kier molecular flexibility index (Phi) is 2.73. The van der Waals surface area contributed by atoms with Crippen molar-refractivity contribution in [3.05, 3.63) is 30.1 Å². The third-order valence-corrected chi connectivity index (χ3v) is 4.30. The molecule has 96 valence electrons. The molecule has 0 bridgehead atoms. The Bertz CT molecular complexity index is 450. The van der Waals surface area contributed by atoms with Crippen LogP contribution >= 0.6 is 0 Å². The van der Waals surface area contributed by atoms with Crippen LogP contribution in [0.25, 0.3) is 0 Å². The summed E-state index contributed by atoms with van der Waals surface area (Å²) in [5.74, 6) is 0.702. The molecular formula is C14H20N4. The van der Waals surface area contributed by atoms with Gasteiger partial charge in [0.2, 0.25) is 0 Å². The van der Waals surface area contributed by atoms with E-state index >= 15 is 0 Å². The van der Waals surface area contributed by atoms with Gasteiger partial charge in [-0.25, -0.2) is 0 Å². The fourth-order valence-corrected chi connectivity index (χ4v) is 3.30. The number of rotatable bonds is 2. The third kappa shape index (κ3) is 1.67. The summed E-state index contributed by atoms with van der Waals surface area (Å²) in [5.41, 5.74) is 7.22. The second-order valence-electron chi connectivity index (χ2n) is 5.50. The van der Waals surface area contributed by atoms with Crippen molar-refractivity contribution in [2.45, 2.75) is 44.2 Å². The van der Waals surface area contributed by atoms with Crippen LogP contribution in [0.1, 0.15) is 38.2 Å². The lowest BCUT2D eigenvalue weighted by Crippen LogP contribution is -2.52. The van der Waals surface area contributed by atoms with Crippen LogP contribution in [0.3, 0.4) is 0 Å². The highest BCUT2D eigenvalue weighted by Crippen LogP contribution is 2.38. The zero-order valence-corrected chi connectivity index (χ0v) is 10.8. The van der Waals surface area contributed by atoms with Crippen LogP contribution in [-0.4, -0.2) is 28.4 Å². The first-order valence-electron chi connectivity index (χ1n) is 6.71. The number of aromatic nitrogens is 1. The quantitative estimate of drug-likeness (QED) is 0.864. The normalized spacial score (nSPS) is 28.7. The maximum absolute atomic E-state index is 6.13. The van der Waals surface area contributed by atoms with E-state index in [1.165, 1.54) is 31.2 Å². The molecule has 1 aromatic heterocycles. The largest absolute Gasteiger partial charge is 0.370 e. The van der Waals surface area contributed by atoms with Crippen molar-refractivity contribution in [2.24, 2.45) is 10.7 Å². The second kappa shape index (κ2) is 4.26. The maximum atomic E-state index is 6.13. The van der Waals surface area contributed by atoms with E-state index in [2.05, 4.69) is 27.9 Å². The third-order valence-electron chi connectivity index (χ3n) is 4.30. The molecule has 18 heavy (non-hydrogen) atoms. The molecular weight excluding hydrogens is 224 g/mol. The van der Waals surface area contributed by atoms with Gasteiger partial charge in [0.1, 0.15) is 0 Å². The molecule has 1 aliphatic heterocycles. The first-order chi connectivity index (χ1) is 8.72. The SMILES string of the molecule is CC1(c2cccnc2)CN=C(N)N1C1CCCC1. The number of guanidine groups is 1. The zero-order valence-electron chi connectivity index (χ0n) is 10.8. The Morgan fingerprint density at radius 1 is 1.39 bits per heavy atom. The Labute approximate surface area is 108 Å². The van der Waals surface area contributed by atoms with Gasteiger partial charge >= 0.3 is 0 Å². The molecule has 1 aliphatic carbocycles. The van der Waals surface area contributed by atoms with Crippen molar-refractivity contribution in [2.75, 3.05) is 6.54 Å². The van der Waals surface area contributed by atoms with E-state index in [9.17, 15) is 0 Å². The lowest BCUT2D eigenvalue weighted by molar-refractivity contribution is 0.167. The molecule has 1 saturated carbocycles. The van der Waals surface area contributed by atoms with Crippen LogP contribution in [0.4, 0.5) is 0 Å². The van der Waals surface area contributed by atoms with Crippen molar-refractivity contribution in [3.63, 3.8) is 0 Å². The van der Waals surface area contributed by atoms with Gasteiger partial charge in [0.05, 0.1) is 12.1 Å². The summed E-state index contributed by atoms with van der Waals surface area (Å²) in [6.07, 6.45) is 8.81. The molecule has 1 unspecified atom stereocenters. The first kappa shape index (κ1) is 11.5. The summed E-state index contributed by atoms with van der Waals surface area (Å²) in [7, 11) is 0. The summed E-state index contributed by atoms with van der Waals surface area (Å²) in [4.78, 5) is 11.1. The maximum Gasteiger partial charge on any atom is 0.192 e. The highest BCUT2D eigenvalue weighted by molar-refractivity contribution is 5.81. The van der Waals surface area contributed by atoms with Crippen LogP contribution in [0.15, 0.2) is 29.5 Å². The van der Waals surface area contributed by atoms with Gasteiger partial charge in [0.25, 0.3) is 0 Å². The highest BCUT2D eigenvalue weighted by atomic mass is 15.4. The van der Waals surface area contributed by atoms with Gasteiger partial charge in [-0.2, -0.15) is 0 Å². The molecule has 0 radical (unpaired) electrons. The van der Waals surface area contributed by atoms with Gasteiger partial charge in [0.15, 0.2) is 5.96 Å². The molecule has 1 atom stereocenters. The van der Waals surface area contributed by atoms with Crippen molar-refractivity contribution in [1.29, 1.82) is 0 Å². The van der Waals surface area contributed by atoms with Gasteiger partial charge < -0.3 is 10.6 Å². The number of aliphatic imine (C=N–C) groups is 1. The lowest BCUT2D eigenvalue weighted by Gasteiger charge is -2.40. The fourth-order valence-electron chi connectivity index (χ4n) is 3.30. The van der Waals surface area contributed by atoms with Gasteiger partial charge in [-0.1, -0.05) is 18.9 Å². The molecule has 0 amide bonds. The molecule has 0 spiro atoms. The minimum Gasteiger partial charge on any atom is -0.370 e. The fraction of sp³-hybridized carbons (Fsp3) is 0.571. The molecule has 2 heterocycles. The summed E-state index contributed by atoms with van der Waals surface area (Å²) in [5, 5.41) is 0. The predicted molar refractivity (Wildman–Crippen MR) is 72.2 cm³/mol. The van der Waals surface area contributed by atoms with Gasteiger partial charge in [0, 0.05) is 18.4 Å². The minimum absolute atomic E-state index is 0.118. The standard InChI is InChI=1S/C14H20N4/c1-14(11-5-4-8-16-9-11)10-17-13(15)18(14)12-6-2-3-7-12/h4-5,8-9,12H,2-3,6-7,10H2,1H3,(H2,15,17). The van der Waals surface area contributed by atoms with Crippen molar-refractivity contribution >= 4 is 5.96 Å². The number of pyridine rings is 1. The van der Waals surface area contributed by atoms with Crippen LogP contribution < -0.4 is 5.73 Å². The van der Waals surface area contributed by atoms with Crippen molar-refractivity contribution in [3.8, 4) is 0 Å². The van der Waals surface area contributed by atoms with Crippen LogP contribution in [0.5, 0.6) is 0 Å². The van der Waals surface area contributed by atoms with Gasteiger partial charge in [-0.05, 0) is 31.4 Å². The zero-order chi connectivity index (χ0) is 12.6. The lowest BCUT2D eigenvalue weighted by atomic mass is 9.91. The van der Waals surface area contributed by atoms with Crippen LogP contribution in [0, 0.1) is 0 Å². The summed E-state index contributed by atoms with van der Waals surface area (Å²) in [6, 6.07) is 4.66. The van der Waals surface area contributed by atoms with E-state index in [-0.39, 0.29) is 5.54 Å². The Hall–Kier alpha value is -1.58. The monoisotopic (exact) mass is 244 g/mol. The smallest absolute Gasteiger partial charge is 0.192 e. The molecule has 0 saturated heterocycles. The summed E-state index contributed by atoms with van der Waals surface area (Å²) in [6.45, 7) is 2.96. The van der Waals surface area contributed by atoms with Crippen molar-refractivity contribution in [1.82, 2.24) is 9.88 Å². The Morgan fingerprint density at radius 3 is 2.83 bits per heavy atom. The molecule has 0 aromatic carbocycles. The Balaban J connectivity index is 1.96. The van der Waals surface area contributed by atoms with Gasteiger partial charge in [-0.15, -0.1) is 0 Å². The molecule has 4 heteroatoms. The van der Waals surface area contributed by atoms with Crippen LogP contribution in [-0.2, 0) is 5.54 Å². The number of nitrogens with two attached hydrogens (primary N) is 1. The first-order valence-corrected chi connectivity index (χ1v) is 6.71. The number of hydrogen-bond donors (Lipinski definition) is 1. The van der Waals surface area contributed by atoms with Gasteiger partial charge in [-0.3, -0.25) is 9.98 Å². The van der Waals surface area contributed by atoms with Crippen LogP contribution in [0.2, 0.25) is 0 Å². The van der Waals surface area contributed by atoms with E-state index in [0.29, 0.717) is 12.0 Å². The predicted octanol–water partition coefficient (Wildman–Crippen LogP) is 1.87. The molecule has 2 aliphatic rings. The van der Waals surface area contributed by atoms with E-state index < -0.39 is 0 Å². The number of nitrogens with zero attached hydrogens (tertiary/aromatic N) is 3. The average molecular weight is 244 g/mol. The Morgan fingerprint density at radius 2 is 2.17 bits per heavy atom. The van der Waals surface area contributed by atoms with E-state index in [0.717, 1.165) is 6.54 Å². The average Bonchev–Trinajstić information content (AvgIpc) is 3.00. The highest BCUT2D eigenvalue weighted by Gasteiger charge is 2.43. The summed E-state index contributed by atoms with van der Waals surface area (Å²) < 4.78 is 0. The molecule has 1 fully saturated rings. The molecule has 4 nitrogen and oxygen atoms in total. The van der Waals surface area contributed by atoms with E-state index in [1.54, 1.807) is 0 Å². The molecule has 2 N–H and O–H groups in total. The molecule has 3 rings (SSSR count). The second-order valence-corrected chi connectivity index (χ2v) is 5.50. The minimum atomic E-state index is -0.118. The van der Waals surface area contributed by atoms with Crippen molar-refractivity contribution < 1.29 is 0 Å². The molecule has 1 aromatic rings. The summed E-state index contributed by atoms with van der Waals surface area (Å²) >= 11 is 0.